The third-order valence-corrected chi connectivity index (χ3v) is 4.61. The predicted octanol–water partition coefficient (Wildman–Crippen LogP) is 4.24. The first-order chi connectivity index (χ1) is 13.2. The molecule has 0 bridgehead atoms. The first kappa shape index (κ1) is 20.0. The Labute approximate surface area is 165 Å². The number of nitrogens with zero attached hydrogens (tertiary/aromatic N) is 4. The summed E-state index contributed by atoms with van der Waals surface area (Å²) in [6.07, 6.45) is -1.94. The highest BCUT2D eigenvalue weighted by Crippen LogP contribution is 2.35. The summed E-state index contributed by atoms with van der Waals surface area (Å²) in [5.41, 5.74) is 1.60. The molecule has 0 saturated carbocycles. The van der Waals surface area contributed by atoms with Gasteiger partial charge in [0, 0.05) is 23.0 Å². The number of methoxy groups -OCH3 is 1. The van der Waals surface area contributed by atoms with Crippen molar-refractivity contribution in [1.29, 1.82) is 0 Å². The molecule has 1 N–H and O–H groups in total. The number of rotatable bonds is 4. The number of halogens is 4. The Morgan fingerprint density at radius 2 is 1.93 bits per heavy atom. The van der Waals surface area contributed by atoms with E-state index in [0.717, 1.165) is 0 Å². The fraction of sp³-hybridized carbons (Fsp3) is 0.188. The van der Waals surface area contributed by atoms with Gasteiger partial charge < -0.3 is 4.74 Å². The van der Waals surface area contributed by atoms with Gasteiger partial charge in [0.05, 0.1) is 18.9 Å². The summed E-state index contributed by atoms with van der Waals surface area (Å²) in [4.78, 5) is 20.7. The van der Waals surface area contributed by atoms with Crippen LogP contribution in [0.1, 0.15) is 21.1 Å². The lowest BCUT2D eigenvalue weighted by Gasteiger charge is -2.13. The molecule has 3 heterocycles. The normalized spacial score (nSPS) is 11.4. The van der Waals surface area contributed by atoms with E-state index in [4.69, 9.17) is 16.3 Å². The van der Waals surface area contributed by atoms with Crippen molar-refractivity contribution in [3.63, 3.8) is 0 Å². The lowest BCUT2D eigenvalue weighted by Crippen LogP contribution is -2.14. The molecule has 0 aliphatic rings. The number of pyridine rings is 2. The second kappa shape index (κ2) is 7.68. The predicted molar refractivity (Wildman–Crippen MR) is 96.6 cm³/mol. The Balaban J connectivity index is 2.00. The lowest BCUT2D eigenvalue weighted by atomic mass is 10.0. The van der Waals surface area contributed by atoms with E-state index in [9.17, 15) is 18.0 Å². The zero-order valence-electron chi connectivity index (χ0n) is 14.3. The van der Waals surface area contributed by atoms with E-state index >= 15 is 0 Å². The van der Waals surface area contributed by atoms with E-state index in [1.807, 2.05) is 0 Å². The van der Waals surface area contributed by atoms with E-state index in [2.05, 4.69) is 25.5 Å². The maximum Gasteiger partial charge on any atom is 0.445 e. The number of anilines is 1. The monoisotopic (exact) mass is 429 g/mol. The topological polar surface area (TPSA) is 89.9 Å². The summed E-state index contributed by atoms with van der Waals surface area (Å²) in [6, 6.07) is 3.14. The van der Waals surface area contributed by atoms with Crippen molar-refractivity contribution in [3.05, 3.63) is 45.9 Å². The van der Waals surface area contributed by atoms with Crippen LogP contribution in [0.25, 0.3) is 11.1 Å². The minimum Gasteiger partial charge on any atom is -0.494 e. The molecule has 0 aliphatic heterocycles. The lowest BCUT2D eigenvalue weighted by molar-refractivity contribution is -0.138. The molecular weight excluding hydrogens is 419 g/mol. The zero-order valence-corrected chi connectivity index (χ0v) is 15.9. The highest BCUT2D eigenvalue weighted by molar-refractivity contribution is 7.15. The zero-order chi connectivity index (χ0) is 20.5. The van der Waals surface area contributed by atoms with Crippen LogP contribution in [0.2, 0.25) is 5.15 Å². The summed E-state index contributed by atoms with van der Waals surface area (Å²) < 4.78 is 43.3. The van der Waals surface area contributed by atoms with Crippen molar-refractivity contribution in [2.45, 2.75) is 13.1 Å². The molecule has 7 nitrogen and oxygen atoms in total. The third kappa shape index (κ3) is 4.20. The molecule has 3 aromatic heterocycles. The summed E-state index contributed by atoms with van der Waals surface area (Å²) in [7, 11) is 1.43. The Hall–Kier alpha value is -2.79. The van der Waals surface area contributed by atoms with Gasteiger partial charge in [-0.2, -0.15) is 13.2 Å². The quantitative estimate of drug-likeness (QED) is 0.624. The van der Waals surface area contributed by atoms with Crippen molar-refractivity contribution in [1.82, 2.24) is 20.2 Å². The number of aryl methyl sites for hydroxylation is 1. The highest BCUT2D eigenvalue weighted by Gasteiger charge is 2.36. The molecule has 0 atom stereocenters. The molecule has 146 valence electrons. The number of nitrogens with one attached hydrogen (secondary N) is 1. The highest BCUT2D eigenvalue weighted by atomic mass is 35.5. The Bertz CT molecular complexity index is 1040. The summed E-state index contributed by atoms with van der Waals surface area (Å²) in [6.45, 7) is 1.72. The average molecular weight is 430 g/mol. The number of carbonyl (C=O) groups excluding carboxylic acids is 1. The molecule has 28 heavy (non-hydrogen) atoms. The minimum absolute atomic E-state index is 0.0925. The second-order valence-electron chi connectivity index (χ2n) is 5.44. The van der Waals surface area contributed by atoms with Crippen molar-refractivity contribution < 1.29 is 22.7 Å². The Morgan fingerprint density at radius 1 is 1.18 bits per heavy atom. The van der Waals surface area contributed by atoms with Crippen LogP contribution in [0.3, 0.4) is 0 Å². The van der Waals surface area contributed by atoms with Crippen LogP contribution in [0, 0.1) is 6.92 Å². The van der Waals surface area contributed by atoms with Crippen LogP contribution >= 0.6 is 22.9 Å². The number of aromatic nitrogens is 4. The third-order valence-electron chi connectivity index (χ3n) is 3.52. The molecule has 0 unspecified atom stereocenters. The van der Waals surface area contributed by atoms with Crippen LogP contribution in [-0.4, -0.2) is 33.2 Å². The van der Waals surface area contributed by atoms with Gasteiger partial charge in [-0.1, -0.05) is 22.9 Å². The number of hydrogen-bond donors (Lipinski definition) is 1. The minimum atomic E-state index is -4.64. The van der Waals surface area contributed by atoms with E-state index in [-0.39, 0.29) is 27.2 Å². The van der Waals surface area contributed by atoms with Crippen LogP contribution in [-0.2, 0) is 6.18 Å². The van der Waals surface area contributed by atoms with Crippen LogP contribution in [0.4, 0.5) is 18.3 Å². The number of ether oxygens (including phenoxy) is 1. The van der Waals surface area contributed by atoms with Crippen molar-refractivity contribution >= 4 is 34.0 Å². The van der Waals surface area contributed by atoms with Gasteiger partial charge in [0.15, 0.2) is 0 Å². The van der Waals surface area contributed by atoms with Gasteiger partial charge in [0.1, 0.15) is 10.9 Å². The number of hydrogen-bond acceptors (Lipinski definition) is 7. The molecule has 0 saturated heterocycles. The average Bonchev–Trinajstić information content (AvgIpc) is 3.10. The molecule has 0 aliphatic carbocycles. The van der Waals surface area contributed by atoms with Crippen molar-refractivity contribution in [3.8, 4) is 16.9 Å². The van der Waals surface area contributed by atoms with Gasteiger partial charge >= 0.3 is 6.18 Å². The Morgan fingerprint density at radius 3 is 2.57 bits per heavy atom. The smallest absolute Gasteiger partial charge is 0.445 e. The summed E-state index contributed by atoms with van der Waals surface area (Å²) >= 11 is 6.19. The molecule has 0 radical (unpaired) electrons. The number of amides is 1. The van der Waals surface area contributed by atoms with Crippen molar-refractivity contribution in [2.24, 2.45) is 0 Å². The van der Waals surface area contributed by atoms with Crippen LogP contribution in [0.15, 0.2) is 24.5 Å². The van der Waals surface area contributed by atoms with E-state index < -0.39 is 17.1 Å². The number of carbonyl (C=O) groups is 1. The maximum atomic E-state index is 12.7. The van der Waals surface area contributed by atoms with Gasteiger partial charge in [-0.25, -0.2) is 4.98 Å². The van der Waals surface area contributed by atoms with E-state index in [1.54, 1.807) is 13.0 Å². The van der Waals surface area contributed by atoms with E-state index in [1.165, 1.54) is 25.6 Å². The number of alkyl halides is 3. The summed E-state index contributed by atoms with van der Waals surface area (Å²) in [5.74, 6) is -0.346. The first-order valence-corrected chi connectivity index (χ1v) is 8.77. The molecule has 0 fully saturated rings. The molecule has 0 aromatic carbocycles. The molecule has 1 amide bonds. The van der Waals surface area contributed by atoms with Gasteiger partial charge in [0.2, 0.25) is 10.1 Å². The first-order valence-electron chi connectivity index (χ1n) is 7.57. The van der Waals surface area contributed by atoms with Gasteiger partial charge in [0.25, 0.3) is 5.91 Å². The maximum absolute atomic E-state index is 12.7. The SMILES string of the molecule is COc1cnc(Cl)cc1-c1cc(C)ncc1C(=O)Nc1nnc(C(F)(F)F)s1. The molecular formula is C16H11ClF3N5O2S. The van der Waals surface area contributed by atoms with Crippen LogP contribution in [0.5, 0.6) is 5.75 Å². The largest absolute Gasteiger partial charge is 0.494 e. The molecule has 3 aromatic rings. The fourth-order valence-electron chi connectivity index (χ4n) is 2.31. The second-order valence-corrected chi connectivity index (χ2v) is 6.81. The molecule has 0 spiro atoms. The van der Waals surface area contributed by atoms with Gasteiger partial charge in [-0.05, 0) is 19.1 Å². The van der Waals surface area contributed by atoms with Crippen molar-refractivity contribution in [2.75, 3.05) is 12.4 Å². The molecule has 12 heteroatoms. The Kier molecular flexibility index (Phi) is 5.47. The summed E-state index contributed by atoms with van der Waals surface area (Å²) in [5, 5.41) is 7.43. The standard InChI is InChI=1S/C16H11ClF3N5O2S/c1-7-3-8(9-4-12(17)22-6-11(9)27-2)10(5-21-7)13(26)23-15-25-24-14(28-15)16(18,19)20/h3-6H,1-2H3,(H,23,25,26). The van der Waals surface area contributed by atoms with Crippen LogP contribution < -0.4 is 10.1 Å². The van der Waals surface area contributed by atoms with Gasteiger partial charge in [-0.15, -0.1) is 10.2 Å². The van der Waals surface area contributed by atoms with Gasteiger partial charge in [-0.3, -0.25) is 15.1 Å². The fourth-order valence-corrected chi connectivity index (χ4v) is 3.07. The van der Waals surface area contributed by atoms with E-state index in [0.29, 0.717) is 22.6 Å². The molecule has 3 rings (SSSR count).